The molecule has 1 aromatic heterocycles. The Labute approximate surface area is 162 Å². The minimum atomic E-state index is -3.61. The van der Waals surface area contributed by atoms with Gasteiger partial charge < -0.3 is 9.88 Å². The van der Waals surface area contributed by atoms with Gasteiger partial charge in [0.1, 0.15) is 6.33 Å². The van der Waals surface area contributed by atoms with Gasteiger partial charge in [0.15, 0.2) is 5.82 Å². The molecule has 1 saturated carbocycles. The van der Waals surface area contributed by atoms with Crippen LogP contribution in [-0.4, -0.2) is 35.1 Å². The van der Waals surface area contributed by atoms with E-state index < -0.39 is 15.9 Å². The van der Waals surface area contributed by atoms with Gasteiger partial charge in [-0.25, -0.2) is 13.1 Å². The molecule has 2 aromatic carbocycles. The van der Waals surface area contributed by atoms with E-state index in [0.717, 1.165) is 18.4 Å². The molecule has 1 amide bonds. The minimum Gasteiger partial charge on any atom is -0.322 e. The predicted octanol–water partition coefficient (Wildman–Crippen LogP) is 2.18. The Hall–Kier alpha value is -3.04. The summed E-state index contributed by atoms with van der Waals surface area (Å²) in [4.78, 5) is 12.7. The summed E-state index contributed by atoms with van der Waals surface area (Å²) in [6.07, 6.45) is 3.30. The van der Waals surface area contributed by atoms with Crippen molar-refractivity contribution < 1.29 is 13.2 Å². The number of benzene rings is 2. The molecule has 0 saturated heterocycles. The Morgan fingerprint density at radius 2 is 1.93 bits per heavy atom. The molecule has 3 aromatic rings. The highest BCUT2D eigenvalue weighted by Gasteiger charge is 2.28. The first-order valence-electron chi connectivity index (χ1n) is 8.80. The summed E-state index contributed by atoms with van der Waals surface area (Å²) in [5.41, 5.74) is 1.65. The molecule has 144 valence electrons. The van der Waals surface area contributed by atoms with Crippen molar-refractivity contribution in [2.75, 3.05) is 5.32 Å². The van der Waals surface area contributed by atoms with Crippen LogP contribution < -0.4 is 10.0 Å². The molecule has 2 N–H and O–H groups in total. The standard InChI is InChI=1S/C19H19N5O3S/c1-24-12-20-22-18(24)13-4-2-6-16(10-13)21-19(25)14-5-3-7-17(11-14)28(26,27)23-15-8-9-15/h2-7,10-12,15,23H,8-9H2,1H3,(H,21,25). The molecule has 9 heteroatoms. The van der Waals surface area contributed by atoms with Crippen LogP contribution in [0.2, 0.25) is 0 Å². The molecule has 8 nitrogen and oxygen atoms in total. The smallest absolute Gasteiger partial charge is 0.255 e. The largest absolute Gasteiger partial charge is 0.322 e. The molecule has 0 radical (unpaired) electrons. The number of rotatable bonds is 6. The van der Waals surface area contributed by atoms with Crippen molar-refractivity contribution >= 4 is 21.6 Å². The number of carbonyl (C=O) groups excluding carboxylic acids is 1. The van der Waals surface area contributed by atoms with Gasteiger partial charge in [-0.2, -0.15) is 0 Å². The van der Waals surface area contributed by atoms with E-state index in [-0.39, 0.29) is 16.5 Å². The van der Waals surface area contributed by atoms with E-state index in [2.05, 4.69) is 20.2 Å². The molecule has 0 atom stereocenters. The van der Waals surface area contributed by atoms with Crippen LogP contribution in [0.4, 0.5) is 5.69 Å². The van der Waals surface area contributed by atoms with Crippen LogP contribution in [0.1, 0.15) is 23.2 Å². The number of hydrogen-bond acceptors (Lipinski definition) is 5. The summed E-state index contributed by atoms with van der Waals surface area (Å²) < 4.78 is 29.1. The topological polar surface area (TPSA) is 106 Å². The van der Waals surface area contributed by atoms with Crippen LogP contribution in [-0.2, 0) is 17.1 Å². The van der Waals surface area contributed by atoms with E-state index in [1.54, 1.807) is 41.2 Å². The monoisotopic (exact) mass is 397 g/mol. The highest BCUT2D eigenvalue weighted by atomic mass is 32.2. The van der Waals surface area contributed by atoms with Crippen LogP contribution in [0, 0.1) is 0 Å². The number of nitrogens with one attached hydrogen (secondary N) is 2. The summed E-state index contributed by atoms with van der Waals surface area (Å²) in [6.45, 7) is 0. The van der Waals surface area contributed by atoms with Gasteiger partial charge in [-0.1, -0.05) is 18.2 Å². The zero-order chi connectivity index (χ0) is 19.7. The number of anilines is 1. The van der Waals surface area contributed by atoms with Crippen LogP contribution in [0.5, 0.6) is 0 Å². The Morgan fingerprint density at radius 3 is 2.64 bits per heavy atom. The SMILES string of the molecule is Cn1cnnc1-c1cccc(NC(=O)c2cccc(S(=O)(=O)NC3CC3)c2)c1. The first-order chi connectivity index (χ1) is 13.4. The molecule has 0 spiro atoms. The fraction of sp³-hybridized carbons (Fsp3) is 0.211. The van der Waals surface area contributed by atoms with Gasteiger partial charge >= 0.3 is 0 Å². The molecule has 0 unspecified atom stereocenters. The Bertz CT molecular complexity index is 1140. The lowest BCUT2D eigenvalue weighted by Gasteiger charge is -2.09. The minimum absolute atomic E-state index is 0.00540. The van der Waals surface area contributed by atoms with Gasteiger partial charge in [0.2, 0.25) is 10.0 Å². The van der Waals surface area contributed by atoms with Crippen LogP contribution in [0.3, 0.4) is 0 Å². The molecule has 1 aliphatic rings. The molecule has 0 bridgehead atoms. The van der Waals surface area contributed by atoms with E-state index >= 15 is 0 Å². The average molecular weight is 397 g/mol. The maximum absolute atomic E-state index is 12.6. The highest BCUT2D eigenvalue weighted by Crippen LogP contribution is 2.23. The number of amides is 1. The second-order valence-electron chi connectivity index (χ2n) is 6.72. The number of sulfonamides is 1. The first kappa shape index (κ1) is 18.3. The van der Waals surface area contributed by atoms with Crippen molar-refractivity contribution in [1.82, 2.24) is 19.5 Å². The zero-order valence-corrected chi connectivity index (χ0v) is 16.0. The summed E-state index contributed by atoms with van der Waals surface area (Å²) >= 11 is 0. The second-order valence-corrected chi connectivity index (χ2v) is 8.44. The molecular weight excluding hydrogens is 378 g/mol. The molecule has 1 fully saturated rings. The summed E-state index contributed by atoms with van der Waals surface area (Å²) in [7, 11) is -1.78. The van der Waals surface area contributed by atoms with E-state index in [1.165, 1.54) is 12.1 Å². The van der Waals surface area contributed by atoms with Crippen molar-refractivity contribution in [3.63, 3.8) is 0 Å². The third kappa shape index (κ3) is 3.95. The maximum atomic E-state index is 12.6. The van der Waals surface area contributed by atoms with Crippen molar-refractivity contribution in [3.05, 3.63) is 60.4 Å². The van der Waals surface area contributed by atoms with E-state index in [4.69, 9.17) is 0 Å². The number of nitrogens with zero attached hydrogens (tertiary/aromatic N) is 3. The first-order valence-corrected chi connectivity index (χ1v) is 10.3. The van der Waals surface area contributed by atoms with Crippen molar-refractivity contribution in [3.8, 4) is 11.4 Å². The summed E-state index contributed by atoms with van der Waals surface area (Å²) in [6, 6.07) is 13.2. The Kier molecular flexibility index (Phi) is 4.70. The van der Waals surface area contributed by atoms with E-state index in [0.29, 0.717) is 11.5 Å². The number of aromatic nitrogens is 3. The second kappa shape index (κ2) is 7.17. The van der Waals surface area contributed by atoms with Gasteiger partial charge in [-0.3, -0.25) is 4.79 Å². The average Bonchev–Trinajstić information content (AvgIpc) is 3.38. The van der Waals surface area contributed by atoms with Gasteiger partial charge in [0.05, 0.1) is 4.90 Å². The van der Waals surface area contributed by atoms with Crippen molar-refractivity contribution in [1.29, 1.82) is 0 Å². The van der Waals surface area contributed by atoms with E-state index in [9.17, 15) is 13.2 Å². The van der Waals surface area contributed by atoms with Gasteiger partial charge in [-0.15, -0.1) is 10.2 Å². The molecule has 28 heavy (non-hydrogen) atoms. The van der Waals surface area contributed by atoms with Crippen LogP contribution >= 0.6 is 0 Å². The van der Waals surface area contributed by atoms with Crippen molar-refractivity contribution in [2.45, 2.75) is 23.8 Å². The predicted molar refractivity (Wildman–Crippen MR) is 104 cm³/mol. The quantitative estimate of drug-likeness (QED) is 0.663. The number of aryl methyl sites for hydroxylation is 1. The van der Waals surface area contributed by atoms with Gasteiger partial charge in [-0.05, 0) is 43.2 Å². The summed E-state index contributed by atoms with van der Waals surface area (Å²) in [5.74, 6) is 0.286. The number of hydrogen-bond donors (Lipinski definition) is 2. The van der Waals surface area contributed by atoms with Gasteiger partial charge in [0, 0.05) is 29.9 Å². The third-order valence-corrected chi connectivity index (χ3v) is 5.91. The third-order valence-electron chi connectivity index (χ3n) is 4.40. The van der Waals surface area contributed by atoms with Crippen LogP contribution in [0.15, 0.2) is 59.8 Å². The lowest BCUT2D eigenvalue weighted by atomic mass is 10.1. The zero-order valence-electron chi connectivity index (χ0n) is 15.2. The Morgan fingerprint density at radius 1 is 1.14 bits per heavy atom. The lowest BCUT2D eigenvalue weighted by molar-refractivity contribution is 0.102. The molecule has 1 heterocycles. The fourth-order valence-electron chi connectivity index (χ4n) is 2.78. The van der Waals surface area contributed by atoms with Gasteiger partial charge in [0.25, 0.3) is 5.91 Å². The van der Waals surface area contributed by atoms with Crippen LogP contribution in [0.25, 0.3) is 11.4 Å². The Balaban J connectivity index is 1.54. The number of carbonyl (C=O) groups is 1. The molecule has 0 aliphatic heterocycles. The lowest BCUT2D eigenvalue weighted by Crippen LogP contribution is -2.26. The molecule has 1 aliphatic carbocycles. The fourth-order valence-corrected chi connectivity index (χ4v) is 4.13. The highest BCUT2D eigenvalue weighted by molar-refractivity contribution is 7.89. The normalized spacial score (nSPS) is 14.0. The molecular formula is C19H19N5O3S. The van der Waals surface area contributed by atoms with E-state index in [1.807, 2.05) is 13.1 Å². The van der Waals surface area contributed by atoms with Crippen molar-refractivity contribution in [2.24, 2.45) is 7.05 Å². The summed E-state index contributed by atoms with van der Waals surface area (Å²) in [5, 5.41) is 10.7. The maximum Gasteiger partial charge on any atom is 0.255 e. The molecule has 4 rings (SSSR count).